The highest BCUT2D eigenvalue weighted by Crippen LogP contribution is 2.38. The Hall–Kier alpha value is -1.02. The summed E-state index contributed by atoms with van der Waals surface area (Å²) in [4.78, 5) is 0. The first-order chi connectivity index (χ1) is 9.75. The van der Waals surface area contributed by atoms with Crippen LogP contribution in [0.5, 0.6) is 0 Å². The molecule has 0 aromatic heterocycles. The van der Waals surface area contributed by atoms with E-state index >= 15 is 0 Å². The Balaban J connectivity index is 1.94. The van der Waals surface area contributed by atoms with Gasteiger partial charge in [-0.1, -0.05) is 59.6 Å². The fourth-order valence-electron chi connectivity index (χ4n) is 3.05. The van der Waals surface area contributed by atoms with Gasteiger partial charge in [-0.15, -0.1) is 0 Å². The molecule has 0 saturated carbocycles. The van der Waals surface area contributed by atoms with Crippen molar-refractivity contribution in [3.8, 4) is 0 Å². The monoisotopic (exact) mass is 305 g/mol. The highest BCUT2D eigenvalue weighted by Gasteiger charge is 2.27. The maximum Gasteiger partial charge on any atom is 0.0595 e. The molecule has 1 N–H and O–H groups in total. The van der Waals surface area contributed by atoms with Crippen molar-refractivity contribution in [1.29, 1.82) is 0 Å². The molecule has 0 aliphatic carbocycles. The van der Waals surface area contributed by atoms with Gasteiger partial charge in [0, 0.05) is 12.5 Å². The number of hydrogen-bond donors (Lipinski definition) is 1. The van der Waals surface area contributed by atoms with Gasteiger partial charge in [0.25, 0.3) is 0 Å². The Morgan fingerprint density at radius 2 is 1.65 bits per heavy atom. The van der Waals surface area contributed by atoms with Crippen LogP contribution in [0.3, 0.4) is 0 Å². The second kappa shape index (κ2) is 6.17. The van der Waals surface area contributed by atoms with E-state index in [0.29, 0.717) is 21.9 Å². The number of halogens is 2. The van der Waals surface area contributed by atoms with Crippen LogP contribution in [-0.2, 0) is 0 Å². The van der Waals surface area contributed by atoms with E-state index in [1.165, 1.54) is 11.1 Å². The van der Waals surface area contributed by atoms with E-state index in [1.54, 1.807) is 0 Å². The predicted octanol–water partition coefficient (Wildman–Crippen LogP) is 4.85. The van der Waals surface area contributed by atoms with Crippen LogP contribution >= 0.6 is 23.2 Å². The summed E-state index contributed by atoms with van der Waals surface area (Å²) in [5, 5.41) is 4.75. The molecule has 3 rings (SSSR count). The summed E-state index contributed by atoms with van der Waals surface area (Å²) in [5.41, 5.74) is 2.67. The van der Waals surface area contributed by atoms with Crippen LogP contribution in [0.1, 0.15) is 29.4 Å². The molecule has 1 saturated heterocycles. The first kappa shape index (κ1) is 13.9. The molecule has 2 atom stereocenters. The number of nitrogens with one attached hydrogen (secondary N) is 1. The second-order valence-corrected chi connectivity index (χ2v) is 6.10. The summed E-state index contributed by atoms with van der Waals surface area (Å²) in [6.07, 6.45) is 1.15. The molecule has 1 heterocycles. The van der Waals surface area contributed by atoms with E-state index in [0.717, 1.165) is 19.5 Å². The number of piperidine rings is 1. The molecule has 2 aromatic carbocycles. The van der Waals surface area contributed by atoms with Crippen molar-refractivity contribution >= 4 is 23.2 Å². The van der Waals surface area contributed by atoms with Gasteiger partial charge in [0.1, 0.15) is 0 Å². The average molecular weight is 306 g/mol. The van der Waals surface area contributed by atoms with Crippen molar-refractivity contribution in [2.75, 3.05) is 13.1 Å². The predicted molar refractivity (Wildman–Crippen MR) is 85.9 cm³/mol. The molecule has 0 bridgehead atoms. The molecule has 3 heteroatoms. The van der Waals surface area contributed by atoms with E-state index in [2.05, 4.69) is 41.7 Å². The van der Waals surface area contributed by atoms with Crippen molar-refractivity contribution in [3.05, 3.63) is 69.7 Å². The Morgan fingerprint density at radius 3 is 2.40 bits per heavy atom. The number of benzene rings is 2. The zero-order valence-corrected chi connectivity index (χ0v) is 12.7. The summed E-state index contributed by atoms with van der Waals surface area (Å²) < 4.78 is 0. The average Bonchev–Trinajstić information content (AvgIpc) is 2.51. The zero-order valence-electron chi connectivity index (χ0n) is 11.2. The van der Waals surface area contributed by atoms with Gasteiger partial charge in [-0.25, -0.2) is 0 Å². The quantitative estimate of drug-likeness (QED) is 0.836. The van der Waals surface area contributed by atoms with Crippen LogP contribution in [0.4, 0.5) is 0 Å². The molecule has 20 heavy (non-hydrogen) atoms. The maximum atomic E-state index is 6.17. The van der Waals surface area contributed by atoms with Gasteiger partial charge in [-0.2, -0.15) is 0 Å². The fraction of sp³-hybridized carbons (Fsp3) is 0.294. The SMILES string of the molecule is Clc1ccc([C@H]2CNCC[C@@H]2c2ccccc2)cc1Cl. The Labute approximate surface area is 129 Å². The molecule has 1 aliphatic rings. The lowest BCUT2D eigenvalue weighted by atomic mass is 9.77. The summed E-state index contributed by atoms with van der Waals surface area (Å²) in [6.45, 7) is 2.05. The summed E-state index contributed by atoms with van der Waals surface area (Å²) >= 11 is 12.2. The van der Waals surface area contributed by atoms with E-state index in [4.69, 9.17) is 23.2 Å². The van der Waals surface area contributed by atoms with Gasteiger partial charge < -0.3 is 5.32 Å². The largest absolute Gasteiger partial charge is 0.316 e. The molecular formula is C17H17Cl2N. The van der Waals surface area contributed by atoms with E-state index in [9.17, 15) is 0 Å². The van der Waals surface area contributed by atoms with Crippen molar-refractivity contribution < 1.29 is 0 Å². The molecule has 0 spiro atoms. The Morgan fingerprint density at radius 1 is 0.850 bits per heavy atom. The van der Waals surface area contributed by atoms with E-state index < -0.39 is 0 Å². The topological polar surface area (TPSA) is 12.0 Å². The smallest absolute Gasteiger partial charge is 0.0595 e. The summed E-state index contributed by atoms with van der Waals surface area (Å²) in [7, 11) is 0. The highest BCUT2D eigenvalue weighted by molar-refractivity contribution is 6.42. The summed E-state index contributed by atoms with van der Waals surface area (Å²) in [6, 6.07) is 16.8. The summed E-state index contributed by atoms with van der Waals surface area (Å²) in [5.74, 6) is 0.982. The minimum atomic E-state index is 0.445. The lowest BCUT2D eigenvalue weighted by Crippen LogP contribution is -2.34. The van der Waals surface area contributed by atoms with Crippen LogP contribution in [0.15, 0.2) is 48.5 Å². The first-order valence-electron chi connectivity index (χ1n) is 6.96. The molecule has 1 aliphatic heterocycles. The van der Waals surface area contributed by atoms with Gasteiger partial charge in [-0.3, -0.25) is 0 Å². The van der Waals surface area contributed by atoms with Crippen LogP contribution in [0.25, 0.3) is 0 Å². The molecular weight excluding hydrogens is 289 g/mol. The van der Waals surface area contributed by atoms with Crippen molar-refractivity contribution in [3.63, 3.8) is 0 Å². The lowest BCUT2D eigenvalue weighted by Gasteiger charge is -2.33. The normalized spacial score (nSPS) is 22.7. The van der Waals surface area contributed by atoms with Crippen LogP contribution in [0, 0.1) is 0 Å². The van der Waals surface area contributed by atoms with Crippen molar-refractivity contribution in [2.45, 2.75) is 18.3 Å². The van der Waals surface area contributed by atoms with Crippen LogP contribution in [-0.4, -0.2) is 13.1 Å². The van der Waals surface area contributed by atoms with Gasteiger partial charge >= 0.3 is 0 Å². The van der Waals surface area contributed by atoms with Gasteiger partial charge in [0.05, 0.1) is 10.0 Å². The van der Waals surface area contributed by atoms with Gasteiger partial charge in [-0.05, 0) is 42.1 Å². The molecule has 0 unspecified atom stereocenters. The molecule has 0 radical (unpaired) electrons. The molecule has 1 nitrogen and oxygen atoms in total. The Bertz CT molecular complexity index is 583. The third-order valence-electron chi connectivity index (χ3n) is 4.08. The van der Waals surface area contributed by atoms with Gasteiger partial charge in [0.15, 0.2) is 0 Å². The number of rotatable bonds is 2. The molecule has 1 fully saturated rings. The lowest BCUT2D eigenvalue weighted by molar-refractivity contribution is 0.404. The third kappa shape index (κ3) is 2.85. The molecule has 2 aromatic rings. The second-order valence-electron chi connectivity index (χ2n) is 5.29. The highest BCUT2D eigenvalue weighted by atomic mass is 35.5. The number of hydrogen-bond acceptors (Lipinski definition) is 1. The van der Waals surface area contributed by atoms with E-state index in [-0.39, 0.29) is 0 Å². The zero-order chi connectivity index (χ0) is 13.9. The van der Waals surface area contributed by atoms with Gasteiger partial charge in [0.2, 0.25) is 0 Å². The standard InChI is InChI=1S/C17H17Cl2N/c18-16-7-6-13(10-17(16)19)15-11-20-9-8-14(15)12-4-2-1-3-5-12/h1-7,10,14-15,20H,8-9,11H2/t14-,15-/m1/s1. The van der Waals surface area contributed by atoms with Crippen LogP contribution < -0.4 is 5.32 Å². The van der Waals surface area contributed by atoms with E-state index in [1.807, 2.05) is 12.1 Å². The first-order valence-corrected chi connectivity index (χ1v) is 7.72. The Kier molecular flexibility index (Phi) is 4.30. The third-order valence-corrected chi connectivity index (χ3v) is 4.82. The molecule has 0 amide bonds. The minimum Gasteiger partial charge on any atom is -0.316 e. The maximum absolute atomic E-state index is 6.17. The fourth-order valence-corrected chi connectivity index (χ4v) is 3.36. The van der Waals surface area contributed by atoms with Crippen molar-refractivity contribution in [2.24, 2.45) is 0 Å². The minimum absolute atomic E-state index is 0.445. The molecule has 104 valence electrons. The van der Waals surface area contributed by atoms with Crippen molar-refractivity contribution in [1.82, 2.24) is 5.32 Å². The van der Waals surface area contributed by atoms with Crippen LogP contribution in [0.2, 0.25) is 10.0 Å².